The Labute approximate surface area is 77.4 Å². The summed E-state index contributed by atoms with van der Waals surface area (Å²) in [5.41, 5.74) is 1.49. The molecule has 0 aromatic rings. The van der Waals surface area contributed by atoms with Gasteiger partial charge >= 0.3 is 0 Å². The molecule has 0 saturated heterocycles. The highest BCUT2D eigenvalue weighted by molar-refractivity contribution is 4.97. The van der Waals surface area contributed by atoms with E-state index >= 15 is 0 Å². The van der Waals surface area contributed by atoms with Crippen molar-refractivity contribution in [2.45, 2.75) is 46.5 Å². The van der Waals surface area contributed by atoms with Gasteiger partial charge in [-0.05, 0) is 46.0 Å². The van der Waals surface area contributed by atoms with Crippen molar-refractivity contribution in [3.63, 3.8) is 0 Å². The van der Waals surface area contributed by atoms with Crippen LogP contribution in [0.4, 0.5) is 0 Å². The third-order valence-electron chi connectivity index (χ3n) is 1.94. The Kier molecular flexibility index (Phi) is 8.20. The molecule has 0 unspecified atom stereocenters. The summed E-state index contributed by atoms with van der Waals surface area (Å²) in [6, 6.07) is 0. The fourth-order valence-electron chi connectivity index (χ4n) is 0.951. The molecule has 0 heteroatoms. The van der Waals surface area contributed by atoms with Gasteiger partial charge in [0.1, 0.15) is 0 Å². The molecule has 0 aliphatic heterocycles. The minimum absolute atomic E-state index is 1.13. The molecule has 0 heterocycles. The van der Waals surface area contributed by atoms with Crippen molar-refractivity contribution in [3.8, 4) is 0 Å². The van der Waals surface area contributed by atoms with Crippen LogP contribution in [0.3, 0.4) is 0 Å². The first-order valence-electron chi connectivity index (χ1n) is 4.89. The first-order chi connectivity index (χ1) is 5.81. The normalized spacial score (nSPS) is 12.8. The second kappa shape index (κ2) is 8.58. The predicted octanol–water partition coefficient (Wildman–Crippen LogP) is 4.29. The van der Waals surface area contributed by atoms with Crippen molar-refractivity contribution in [1.29, 1.82) is 0 Å². The van der Waals surface area contributed by atoms with Gasteiger partial charge in [-0.15, -0.1) is 0 Å². The zero-order chi connectivity index (χ0) is 9.23. The van der Waals surface area contributed by atoms with Crippen LogP contribution in [-0.4, -0.2) is 0 Å². The van der Waals surface area contributed by atoms with Crippen LogP contribution in [0.2, 0.25) is 0 Å². The molecule has 0 saturated carbocycles. The van der Waals surface area contributed by atoms with E-state index in [-0.39, 0.29) is 0 Å². The summed E-state index contributed by atoms with van der Waals surface area (Å²) < 4.78 is 0. The zero-order valence-corrected chi connectivity index (χ0v) is 8.64. The summed E-state index contributed by atoms with van der Waals surface area (Å²) in [5, 5.41) is 0. The maximum atomic E-state index is 2.35. The van der Waals surface area contributed by atoms with Crippen molar-refractivity contribution in [1.82, 2.24) is 0 Å². The Hall–Kier alpha value is -0.520. The molecule has 0 atom stereocenters. The number of allylic oxidation sites excluding steroid dienone is 4. The van der Waals surface area contributed by atoms with Crippen LogP contribution >= 0.6 is 0 Å². The summed E-state index contributed by atoms with van der Waals surface area (Å²) in [4.78, 5) is 0. The zero-order valence-electron chi connectivity index (χ0n) is 8.64. The van der Waals surface area contributed by atoms with Crippen LogP contribution in [0, 0.1) is 6.42 Å². The van der Waals surface area contributed by atoms with E-state index in [4.69, 9.17) is 0 Å². The smallest absolute Gasteiger partial charge is 0.0319 e. The fraction of sp³-hybridized carbons (Fsp3) is 0.583. The van der Waals surface area contributed by atoms with Gasteiger partial charge in [0, 0.05) is 0 Å². The Morgan fingerprint density at radius 3 is 2.58 bits per heavy atom. The summed E-state index contributed by atoms with van der Waals surface area (Å²) in [6.45, 7) is 6.46. The van der Waals surface area contributed by atoms with Gasteiger partial charge in [0.05, 0.1) is 0 Å². The van der Waals surface area contributed by atoms with Gasteiger partial charge in [-0.3, -0.25) is 0 Å². The standard InChI is InChI=1S/C12H21/c1-4-6-7-8-9-10-11-12(3)5-2/h5-7,9H,4,8,10-11H2,1-3H3. The van der Waals surface area contributed by atoms with E-state index in [1.54, 1.807) is 0 Å². The van der Waals surface area contributed by atoms with Crippen LogP contribution in [0.25, 0.3) is 0 Å². The molecular weight excluding hydrogens is 144 g/mol. The maximum Gasteiger partial charge on any atom is -0.0319 e. The van der Waals surface area contributed by atoms with Crippen molar-refractivity contribution >= 4 is 0 Å². The SMILES string of the molecule is CC=C(C)CC[CH]CC=CCC. The number of hydrogen-bond donors (Lipinski definition) is 0. The predicted molar refractivity (Wildman–Crippen MR) is 57.0 cm³/mol. The fourth-order valence-corrected chi connectivity index (χ4v) is 0.951. The second-order valence-electron chi connectivity index (χ2n) is 3.08. The number of rotatable bonds is 6. The van der Waals surface area contributed by atoms with Gasteiger partial charge in [-0.25, -0.2) is 0 Å². The van der Waals surface area contributed by atoms with Crippen LogP contribution < -0.4 is 0 Å². The molecule has 0 N–H and O–H groups in total. The first kappa shape index (κ1) is 11.5. The van der Waals surface area contributed by atoms with Gasteiger partial charge in [0.25, 0.3) is 0 Å². The van der Waals surface area contributed by atoms with E-state index in [1.165, 1.54) is 18.4 Å². The van der Waals surface area contributed by atoms with Crippen LogP contribution in [-0.2, 0) is 0 Å². The molecule has 0 spiro atoms. The maximum absolute atomic E-state index is 2.35. The van der Waals surface area contributed by atoms with Gasteiger partial charge in [0.15, 0.2) is 0 Å². The summed E-state index contributed by atoms with van der Waals surface area (Å²) >= 11 is 0. The van der Waals surface area contributed by atoms with Crippen molar-refractivity contribution < 1.29 is 0 Å². The topological polar surface area (TPSA) is 0 Å². The molecule has 1 radical (unpaired) electrons. The third-order valence-corrected chi connectivity index (χ3v) is 1.94. The van der Waals surface area contributed by atoms with Gasteiger partial charge < -0.3 is 0 Å². The van der Waals surface area contributed by atoms with Gasteiger partial charge in [-0.1, -0.05) is 30.7 Å². The lowest BCUT2D eigenvalue weighted by atomic mass is 10.1. The highest BCUT2D eigenvalue weighted by atomic mass is 13.9. The van der Waals surface area contributed by atoms with E-state index in [9.17, 15) is 0 Å². The minimum atomic E-state index is 1.13. The molecule has 0 aromatic carbocycles. The molecule has 0 aromatic heterocycles. The molecule has 0 aliphatic rings. The van der Waals surface area contributed by atoms with E-state index in [2.05, 4.69) is 45.4 Å². The molecule has 0 fully saturated rings. The number of hydrogen-bond acceptors (Lipinski definition) is 0. The molecule has 69 valence electrons. The Bertz CT molecular complexity index is 140. The lowest BCUT2D eigenvalue weighted by Gasteiger charge is -1.97. The highest BCUT2D eigenvalue weighted by Gasteiger charge is 1.88. The largest absolute Gasteiger partial charge is 0.0888 e. The molecule has 12 heavy (non-hydrogen) atoms. The average molecular weight is 165 g/mol. The van der Waals surface area contributed by atoms with E-state index < -0.39 is 0 Å². The lowest BCUT2D eigenvalue weighted by molar-refractivity contribution is 0.888. The summed E-state index contributed by atoms with van der Waals surface area (Å²) in [6.07, 6.45) is 13.7. The van der Waals surface area contributed by atoms with Crippen LogP contribution in [0.5, 0.6) is 0 Å². The molecule has 0 nitrogen and oxygen atoms in total. The highest BCUT2D eigenvalue weighted by Crippen LogP contribution is 2.07. The van der Waals surface area contributed by atoms with Crippen LogP contribution in [0.1, 0.15) is 46.5 Å². The molecule has 0 bridgehead atoms. The lowest BCUT2D eigenvalue weighted by Crippen LogP contribution is -1.78. The van der Waals surface area contributed by atoms with Crippen molar-refractivity contribution in [3.05, 3.63) is 30.2 Å². The van der Waals surface area contributed by atoms with Gasteiger partial charge in [0.2, 0.25) is 0 Å². The Balaban J connectivity index is 3.16. The Morgan fingerprint density at radius 1 is 1.25 bits per heavy atom. The summed E-state index contributed by atoms with van der Waals surface area (Å²) in [7, 11) is 0. The average Bonchev–Trinajstić information content (AvgIpc) is 2.10. The van der Waals surface area contributed by atoms with Gasteiger partial charge in [-0.2, -0.15) is 0 Å². The van der Waals surface area contributed by atoms with Crippen molar-refractivity contribution in [2.24, 2.45) is 0 Å². The molecule has 0 aliphatic carbocycles. The quantitative estimate of drug-likeness (QED) is 0.407. The van der Waals surface area contributed by atoms with Crippen LogP contribution in [0.15, 0.2) is 23.8 Å². The van der Waals surface area contributed by atoms with E-state index in [0.29, 0.717) is 0 Å². The molecular formula is C12H21. The third kappa shape index (κ3) is 7.59. The Morgan fingerprint density at radius 2 is 2.00 bits per heavy atom. The second-order valence-corrected chi connectivity index (χ2v) is 3.08. The molecule has 0 rings (SSSR count). The van der Waals surface area contributed by atoms with Crippen molar-refractivity contribution in [2.75, 3.05) is 0 Å². The van der Waals surface area contributed by atoms with E-state index in [0.717, 1.165) is 12.8 Å². The minimum Gasteiger partial charge on any atom is -0.0888 e. The monoisotopic (exact) mass is 165 g/mol. The first-order valence-corrected chi connectivity index (χ1v) is 4.89. The summed E-state index contributed by atoms with van der Waals surface area (Å²) in [5.74, 6) is 0. The van der Waals surface area contributed by atoms with E-state index in [1.807, 2.05) is 0 Å². The molecule has 0 amide bonds. The number of unbranched alkanes of at least 4 members (excludes halogenated alkanes) is 2.